The maximum Gasteiger partial charge on any atom is 0.416 e. The normalized spacial score (nSPS) is 16.3. The van der Waals surface area contributed by atoms with Crippen LogP contribution in [-0.2, 0) is 12.7 Å². The number of hydrogen-bond donors (Lipinski definition) is 2. The highest BCUT2D eigenvalue weighted by atomic mass is 19.4. The quantitative estimate of drug-likeness (QED) is 0.511. The van der Waals surface area contributed by atoms with Crippen LogP contribution in [0.5, 0.6) is 0 Å². The third kappa shape index (κ3) is 4.51. The van der Waals surface area contributed by atoms with Crippen LogP contribution in [0, 0.1) is 0 Å². The van der Waals surface area contributed by atoms with Crippen LogP contribution in [0.2, 0.25) is 0 Å². The Bertz CT molecular complexity index is 527. The molecule has 6 heteroatoms. The topological polar surface area (TPSA) is 36.4 Å². The SMILES string of the molecule is CN=C(NCc1cccc(C(F)(F)F)c1)NC1CC=CC1. The second-order valence-electron chi connectivity index (χ2n) is 4.91. The van der Waals surface area contributed by atoms with Gasteiger partial charge >= 0.3 is 6.18 Å². The predicted molar refractivity (Wildman–Crippen MR) is 76.9 cm³/mol. The number of nitrogens with zero attached hydrogens (tertiary/aromatic N) is 1. The van der Waals surface area contributed by atoms with Crippen molar-refractivity contribution in [2.24, 2.45) is 4.99 Å². The van der Waals surface area contributed by atoms with Gasteiger partial charge in [0.25, 0.3) is 0 Å². The van der Waals surface area contributed by atoms with Crippen LogP contribution in [0.4, 0.5) is 13.2 Å². The second kappa shape index (κ2) is 6.65. The summed E-state index contributed by atoms with van der Waals surface area (Å²) >= 11 is 0. The Morgan fingerprint density at radius 1 is 1.29 bits per heavy atom. The Labute approximate surface area is 122 Å². The van der Waals surface area contributed by atoms with E-state index >= 15 is 0 Å². The number of benzene rings is 1. The molecule has 0 saturated heterocycles. The molecule has 0 spiro atoms. The number of aliphatic imine (C=N–C) groups is 1. The van der Waals surface area contributed by atoms with E-state index < -0.39 is 11.7 Å². The zero-order chi connectivity index (χ0) is 15.3. The first-order chi connectivity index (χ1) is 9.99. The summed E-state index contributed by atoms with van der Waals surface area (Å²) in [6.45, 7) is 0.295. The summed E-state index contributed by atoms with van der Waals surface area (Å²) in [6, 6.07) is 5.60. The van der Waals surface area contributed by atoms with Gasteiger partial charge in [0, 0.05) is 19.6 Å². The molecule has 21 heavy (non-hydrogen) atoms. The van der Waals surface area contributed by atoms with Crippen molar-refractivity contribution in [3.63, 3.8) is 0 Å². The molecule has 0 heterocycles. The molecular formula is C15H18F3N3. The second-order valence-corrected chi connectivity index (χ2v) is 4.91. The molecule has 1 aliphatic rings. The van der Waals surface area contributed by atoms with Crippen LogP contribution in [0.25, 0.3) is 0 Å². The molecular weight excluding hydrogens is 279 g/mol. The monoisotopic (exact) mass is 297 g/mol. The van der Waals surface area contributed by atoms with Gasteiger partial charge in [-0.1, -0.05) is 24.3 Å². The van der Waals surface area contributed by atoms with Crippen molar-refractivity contribution in [3.05, 3.63) is 47.5 Å². The third-order valence-corrected chi connectivity index (χ3v) is 3.29. The largest absolute Gasteiger partial charge is 0.416 e. The highest BCUT2D eigenvalue weighted by molar-refractivity contribution is 5.80. The molecule has 0 aliphatic heterocycles. The fraction of sp³-hybridized carbons (Fsp3) is 0.400. The molecule has 0 atom stereocenters. The van der Waals surface area contributed by atoms with E-state index in [-0.39, 0.29) is 0 Å². The highest BCUT2D eigenvalue weighted by Gasteiger charge is 2.30. The van der Waals surface area contributed by atoms with Crippen LogP contribution in [0.3, 0.4) is 0 Å². The van der Waals surface area contributed by atoms with Crippen molar-refractivity contribution >= 4 is 5.96 Å². The van der Waals surface area contributed by atoms with Crippen LogP contribution in [0.1, 0.15) is 24.0 Å². The lowest BCUT2D eigenvalue weighted by Crippen LogP contribution is -2.42. The number of alkyl halides is 3. The Balaban J connectivity index is 1.92. The first kappa shape index (κ1) is 15.4. The number of guanidine groups is 1. The molecule has 1 aliphatic carbocycles. The van der Waals surface area contributed by atoms with Crippen molar-refractivity contribution in [3.8, 4) is 0 Å². The van der Waals surface area contributed by atoms with Gasteiger partial charge in [-0.2, -0.15) is 13.2 Å². The molecule has 2 N–H and O–H groups in total. The van der Waals surface area contributed by atoms with Gasteiger partial charge in [0.05, 0.1) is 5.56 Å². The molecule has 0 unspecified atom stereocenters. The Morgan fingerprint density at radius 3 is 2.62 bits per heavy atom. The summed E-state index contributed by atoms with van der Waals surface area (Å²) in [4.78, 5) is 4.08. The van der Waals surface area contributed by atoms with Gasteiger partial charge in [-0.15, -0.1) is 0 Å². The van der Waals surface area contributed by atoms with Crippen LogP contribution in [0.15, 0.2) is 41.4 Å². The maximum atomic E-state index is 12.6. The van der Waals surface area contributed by atoms with E-state index in [1.54, 1.807) is 13.1 Å². The first-order valence-electron chi connectivity index (χ1n) is 6.77. The lowest BCUT2D eigenvalue weighted by atomic mass is 10.1. The average Bonchev–Trinajstić information content (AvgIpc) is 2.95. The summed E-state index contributed by atoms with van der Waals surface area (Å²) in [7, 11) is 1.64. The van der Waals surface area contributed by atoms with Crippen molar-refractivity contribution in [2.45, 2.75) is 31.6 Å². The van der Waals surface area contributed by atoms with Crippen molar-refractivity contribution in [2.75, 3.05) is 7.05 Å². The molecule has 0 saturated carbocycles. The van der Waals surface area contributed by atoms with Crippen molar-refractivity contribution in [1.29, 1.82) is 0 Å². The molecule has 0 radical (unpaired) electrons. The minimum absolute atomic E-state index is 0.295. The van der Waals surface area contributed by atoms with E-state index in [9.17, 15) is 13.2 Å². The minimum atomic E-state index is -4.31. The van der Waals surface area contributed by atoms with Gasteiger partial charge < -0.3 is 10.6 Å². The number of hydrogen-bond acceptors (Lipinski definition) is 1. The standard InChI is InChI=1S/C15H18F3N3/c1-19-14(21-13-7-2-3-8-13)20-10-11-5-4-6-12(9-11)15(16,17)18/h2-6,9,13H,7-8,10H2,1H3,(H2,19,20,21). The van der Waals surface area contributed by atoms with Gasteiger partial charge in [-0.05, 0) is 30.5 Å². The summed E-state index contributed by atoms with van der Waals surface area (Å²) in [6.07, 6.45) is 1.75. The van der Waals surface area contributed by atoms with Gasteiger partial charge in [-0.3, -0.25) is 4.99 Å². The van der Waals surface area contributed by atoms with Gasteiger partial charge in [0.1, 0.15) is 0 Å². The highest BCUT2D eigenvalue weighted by Crippen LogP contribution is 2.29. The summed E-state index contributed by atoms with van der Waals surface area (Å²) in [5.74, 6) is 0.598. The van der Waals surface area contributed by atoms with Crippen molar-refractivity contribution < 1.29 is 13.2 Å². The van der Waals surface area contributed by atoms with Crippen LogP contribution < -0.4 is 10.6 Å². The molecule has 0 amide bonds. The minimum Gasteiger partial charge on any atom is -0.353 e. The van der Waals surface area contributed by atoms with Crippen LogP contribution in [-0.4, -0.2) is 19.0 Å². The molecule has 0 bridgehead atoms. The molecule has 0 aromatic heterocycles. The van der Waals surface area contributed by atoms with Crippen LogP contribution >= 0.6 is 0 Å². The van der Waals surface area contributed by atoms with E-state index in [0.29, 0.717) is 24.1 Å². The average molecular weight is 297 g/mol. The smallest absolute Gasteiger partial charge is 0.353 e. The fourth-order valence-electron chi connectivity index (χ4n) is 2.17. The van der Waals surface area contributed by atoms with E-state index in [0.717, 1.165) is 25.0 Å². The Kier molecular flexibility index (Phi) is 4.88. The number of halogens is 3. The molecule has 2 rings (SSSR count). The van der Waals surface area contributed by atoms with E-state index in [1.807, 2.05) is 0 Å². The zero-order valence-electron chi connectivity index (χ0n) is 11.7. The van der Waals surface area contributed by atoms with E-state index in [4.69, 9.17) is 0 Å². The van der Waals surface area contributed by atoms with E-state index in [1.165, 1.54) is 6.07 Å². The summed E-state index contributed by atoms with van der Waals surface area (Å²) in [5, 5.41) is 6.27. The molecule has 0 fully saturated rings. The Hall–Kier alpha value is -1.98. The van der Waals surface area contributed by atoms with Gasteiger partial charge in [0.15, 0.2) is 5.96 Å². The molecule has 114 valence electrons. The maximum absolute atomic E-state index is 12.6. The van der Waals surface area contributed by atoms with Gasteiger partial charge in [0.2, 0.25) is 0 Å². The van der Waals surface area contributed by atoms with E-state index in [2.05, 4.69) is 27.8 Å². The molecule has 1 aromatic rings. The lowest BCUT2D eigenvalue weighted by Gasteiger charge is -2.17. The summed E-state index contributed by atoms with van der Waals surface area (Å²) < 4.78 is 37.9. The predicted octanol–water partition coefficient (Wildman–Crippen LogP) is 3.09. The van der Waals surface area contributed by atoms with Crippen molar-refractivity contribution in [1.82, 2.24) is 10.6 Å². The zero-order valence-corrected chi connectivity index (χ0v) is 11.7. The first-order valence-corrected chi connectivity index (χ1v) is 6.77. The summed E-state index contributed by atoms with van der Waals surface area (Å²) in [5.41, 5.74) is -0.0675. The fourth-order valence-corrected chi connectivity index (χ4v) is 2.17. The van der Waals surface area contributed by atoms with Gasteiger partial charge in [-0.25, -0.2) is 0 Å². The number of rotatable bonds is 3. The molecule has 3 nitrogen and oxygen atoms in total. The third-order valence-electron chi connectivity index (χ3n) is 3.29. The lowest BCUT2D eigenvalue weighted by molar-refractivity contribution is -0.137. The Morgan fingerprint density at radius 2 is 2.00 bits per heavy atom. The number of nitrogens with one attached hydrogen (secondary N) is 2. The molecule has 1 aromatic carbocycles.